The molecule has 0 aliphatic carbocycles. The Morgan fingerprint density at radius 3 is 1.96 bits per heavy atom. The van der Waals surface area contributed by atoms with E-state index in [1.807, 2.05) is 77.9 Å². The van der Waals surface area contributed by atoms with Gasteiger partial charge in [-0.05, 0) is 81.5 Å². The predicted octanol–water partition coefficient (Wildman–Crippen LogP) is 6.25. The van der Waals surface area contributed by atoms with Gasteiger partial charge < -0.3 is 9.84 Å². The maximum absolute atomic E-state index is 12.8. The third-order valence-corrected chi connectivity index (χ3v) is 6.10. The van der Waals surface area contributed by atoms with Crippen molar-refractivity contribution in [2.45, 2.75) is 47.1 Å². The van der Waals surface area contributed by atoms with Gasteiger partial charge >= 0.3 is 5.97 Å². The molecule has 3 rings (SSSR count). The second-order valence-electron chi connectivity index (χ2n) is 8.24. The highest BCUT2D eigenvalue weighted by molar-refractivity contribution is 6.30. The van der Waals surface area contributed by atoms with Crippen molar-refractivity contribution in [3.05, 3.63) is 63.9 Å². The van der Waals surface area contributed by atoms with Crippen LogP contribution in [0, 0.1) is 19.3 Å². The molecule has 1 heterocycles. The zero-order chi connectivity index (χ0) is 20.1. The van der Waals surface area contributed by atoms with Crippen LogP contribution < -0.4 is 0 Å². The number of cyclic esters (lactones) is 1. The predicted molar refractivity (Wildman–Crippen MR) is 110 cm³/mol. The van der Waals surface area contributed by atoms with Crippen LogP contribution in [0.2, 0.25) is 5.02 Å². The Bertz CT molecular complexity index is 927. The number of aliphatic hydroxyl groups is 1. The van der Waals surface area contributed by atoms with Crippen molar-refractivity contribution < 1.29 is 14.6 Å². The molecule has 1 N–H and O–H groups in total. The van der Waals surface area contributed by atoms with Gasteiger partial charge in [-0.15, -0.1) is 0 Å². The van der Waals surface area contributed by atoms with Crippen LogP contribution in [0.3, 0.4) is 0 Å². The van der Waals surface area contributed by atoms with Gasteiger partial charge in [0.25, 0.3) is 0 Å². The van der Waals surface area contributed by atoms with Gasteiger partial charge in [-0.25, -0.2) is 4.79 Å². The largest absolute Gasteiger partial charge is 0.511 e. The molecule has 2 aromatic rings. The number of hydrogen-bond donors (Lipinski definition) is 1. The SMILES string of the molecule is Cc1cc(-c2ccc(Cl)cc2)cc(C)c1C1=C(O)C(C)(C)C(C)(C)OC1=O. The van der Waals surface area contributed by atoms with Gasteiger partial charge in [-0.3, -0.25) is 0 Å². The van der Waals surface area contributed by atoms with Crippen molar-refractivity contribution >= 4 is 23.1 Å². The number of aliphatic hydroxyl groups excluding tert-OH is 1. The van der Waals surface area contributed by atoms with Crippen LogP contribution in [-0.2, 0) is 9.53 Å². The smallest absolute Gasteiger partial charge is 0.342 e. The van der Waals surface area contributed by atoms with Gasteiger partial charge in [0, 0.05) is 5.02 Å². The first-order valence-corrected chi connectivity index (χ1v) is 9.38. The molecule has 1 aliphatic heterocycles. The summed E-state index contributed by atoms with van der Waals surface area (Å²) < 4.78 is 5.69. The molecule has 27 heavy (non-hydrogen) atoms. The average Bonchev–Trinajstić information content (AvgIpc) is 2.56. The second kappa shape index (κ2) is 6.42. The fourth-order valence-electron chi connectivity index (χ4n) is 3.49. The lowest BCUT2D eigenvalue weighted by atomic mass is 9.71. The summed E-state index contributed by atoms with van der Waals surface area (Å²) in [5.41, 5.74) is 3.42. The maximum Gasteiger partial charge on any atom is 0.342 e. The summed E-state index contributed by atoms with van der Waals surface area (Å²) in [6.45, 7) is 11.3. The number of aryl methyl sites for hydroxylation is 2. The minimum absolute atomic E-state index is 0.0780. The summed E-state index contributed by atoms with van der Waals surface area (Å²) in [6, 6.07) is 11.7. The van der Waals surface area contributed by atoms with Gasteiger partial charge in [0.1, 0.15) is 16.9 Å². The van der Waals surface area contributed by atoms with Crippen LogP contribution in [0.25, 0.3) is 16.7 Å². The first kappa shape index (κ1) is 19.5. The Morgan fingerprint density at radius 2 is 1.44 bits per heavy atom. The molecule has 0 fully saturated rings. The standard InChI is InChI=1S/C23H25ClO3/c1-13-11-16(15-7-9-17(24)10-8-15)12-14(2)18(13)19-20(25)22(3,4)23(5,6)27-21(19)26/h7-12,25H,1-6H3. The van der Waals surface area contributed by atoms with E-state index < -0.39 is 17.0 Å². The Balaban J connectivity index is 2.18. The van der Waals surface area contributed by atoms with Crippen LogP contribution in [0.15, 0.2) is 42.2 Å². The number of benzene rings is 2. The third-order valence-electron chi connectivity index (χ3n) is 5.85. The molecule has 0 amide bonds. The Morgan fingerprint density at radius 1 is 0.926 bits per heavy atom. The highest BCUT2D eigenvalue weighted by Gasteiger charge is 2.50. The zero-order valence-corrected chi connectivity index (χ0v) is 17.4. The monoisotopic (exact) mass is 384 g/mol. The maximum atomic E-state index is 12.8. The molecule has 0 radical (unpaired) electrons. The normalized spacial score (nSPS) is 18.4. The van der Waals surface area contributed by atoms with Crippen LogP contribution in [0.5, 0.6) is 0 Å². The minimum atomic E-state index is -0.789. The molecular formula is C23H25ClO3. The van der Waals surface area contributed by atoms with E-state index in [1.165, 1.54) is 0 Å². The molecule has 0 aromatic heterocycles. The van der Waals surface area contributed by atoms with E-state index in [1.54, 1.807) is 0 Å². The van der Waals surface area contributed by atoms with E-state index in [-0.39, 0.29) is 11.3 Å². The number of halogens is 1. The summed E-state index contributed by atoms with van der Waals surface area (Å²) >= 11 is 5.99. The Hall–Kier alpha value is -2.26. The molecular weight excluding hydrogens is 360 g/mol. The molecule has 2 aromatic carbocycles. The van der Waals surface area contributed by atoms with Crippen molar-refractivity contribution in [1.82, 2.24) is 0 Å². The van der Waals surface area contributed by atoms with Crippen molar-refractivity contribution in [3.63, 3.8) is 0 Å². The summed E-state index contributed by atoms with van der Waals surface area (Å²) in [4.78, 5) is 12.8. The lowest BCUT2D eigenvalue weighted by Crippen LogP contribution is -2.48. The number of carbonyl (C=O) groups is 1. The summed E-state index contributed by atoms with van der Waals surface area (Å²) in [5.74, 6) is -0.406. The molecule has 1 aliphatic rings. The van der Waals surface area contributed by atoms with E-state index >= 15 is 0 Å². The van der Waals surface area contributed by atoms with E-state index in [0.717, 1.165) is 27.8 Å². The Kier molecular flexibility index (Phi) is 4.63. The molecule has 0 spiro atoms. The summed E-state index contributed by atoms with van der Waals surface area (Å²) in [5, 5.41) is 11.7. The van der Waals surface area contributed by atoms with Gasteiger partial charge in [0.05, 0.1) is 5.41 Å². The van der Waals surface area contributed by atoms with Crippen LogP contribution in [0.4, 0.5) is 0 Å². The summed E-state index contributed by atoms with van der Waals surface area (Å²) in [7, 11) is 0. The topological polar surface area (TPSA) is 46.5 Å². The zero-order valence-electron chi connectivity index (χ0n) is 16.6. The van der Waals surface area contributed by atoms with E-state index in [9.17, 15) is 9.90 Å². The minimum Gasteiger partial charge on any atom is -0.511 e. The summed E-state index contributed by atoms with van der Waals surface area (Å²) in [6.07, 6.45) is 0. The molecule has 0 saturated carbocycles. The second-order valence-corrected chi connectivity index (χ2v) is 8.68. The number of ether oxygens (including phenoxy) is 1. The molecule has 3 nitrogen and oxygen atoms in total. The van der Waals surface area contributed by atoms with Crippen LogP contribution in [0.1, 0.15) is 44.4 Å². The lowest BCUT2D eigenvalue weighted by molar-refractivity contribution is -0.164. The van der Waals surface area contributed by atoms with E-state index in [2.05, 4.69) is 0 Å². The Labute approximate surface area is 165 Å². The van der Waals surface area contributed by atoms with E-state index in [0.29, 0.717) is 5.02 Å². The lowest BCUT2D eigenvalue weighted by Gasteiger charge is -2.44. The van der Waals surface area contributed by atoms with Crippen molar-refractivity contribution in [1.29, 1.82) is 0 Å². The third kappa shape index (κ3) is 3.14. The van der Waals surface area contributed by atoms with Gasteiger partial charge in [-0.1, -0.05) is 35.9 Å². The quantitative estimate of drug-likeness (QED) is 0.622. The fourth-order valence-corrected chi connectivity index (χ4v) is 3.62. The number of carbonyl (C=O) groups excluding carboxylic acids is 1. The highest BCUT2D eigenvalue weighted by Crippen LogP contribution is 2.48. The molecule has 0 saturated heterocycles. The highest BCUT2D eigenvalue weighted by atomic mass is 35.5. The molecule has 0 atom stereocenters. The van der Waals surface area contributed by atoms with Crippen LogP contribution in [-0.4, -0.2) is 16.7 Å². The van der Waals surface area contributed by atoms with Gasteiger partial charge in [0.15, 0.2) is 0 Å². The first-order chi connectivity index (χ1) is 12.5. The van der Waals surface area contributed by atoms with Crippen LogP contribution >= 0.6 is 11.6 Å². The fraction of sp³-hybridized carbons (Fsp3) is 0.348. The first-order valence-electron chi connectivity index (χ1n) is 9.00. The number of rotatable bonds is 2. The van der Waals surface area contributed by atoms with Gasteiger partial charge in [-0.2, -0.15) is 0 Å². The molecule has 142 valence electrons. The van der Waals surface area contributed by atoms with Crippen molar-refractivity contribution in [2.24, 2.45) is 5.41 Å². The molecule has 0 unspecified atom stereocenters. The van der Waals surface area contributed by atoms with Crippen molar-refractivity contribution in [2.75, 3.05) is 0 Å². The van der Waals surface area contributed by atoms with Crippen molar-refractivity contribution in [3.8, 4) is 11.1 Å². The van der Waals surface area contributed by atoms with Gasteiger partial charge in [0.2, 0.25) is 0 Å². The molecule has 4 heteroatoms. The number of esters is 1. The molecule has 0 bridgehead atoms. The number of hydrogen-bond acceptors (Lipinski definition) is 3. The van der Waals surface area contributed by atoms with E-state index in [4.69, 9.17) is 16.3 Å². The average molecular weight is 385 g/mol.